The van der Waals surface area contributed by atoms with Crippen LogP contribution in [-0.2, 0) is 9.84 Å². The molecule has 0 aliphatic carbocycles. The van der Waals surface area contributed by atoms with Crippen molar-refractivity contribution in [3.05, 3.63) is 29.3 Å². The Hall–Kier alpha value is -1.34. The van der Waals surface area contributed by atoms with E-state index in [1.165, 1.54) is 0 Å². The number of nitrogens with two attached hydrogens (primary N) is 1. The van der Waals surface area contributed by atoms with Crippen LogP contribution in [0.4, 0.5) is 8.78 Å². The topological polar surface area (TPSA) is 77.2 Å². The molecule has 0 aliphatic heterocycles. The van der Waals surface area contributed by atoms with Crippen molar-refractivity contribution < 1.29 is 22.0 Å². The van der Waals surface area contributed by atoms with E-state index in [4.69, 9.17) is 5.73 Å². The molecule has 0 amide bonds. The molecule has 2 N–H and O–H groups in total. The number of hydrogen-bond acceptors (Lipinski definition) is 4. The lowest BCUT2D eigenvalue weighted by Gasteiger charge is -2.05. The molecule has 1 rings (SSSR count). The zero-order valence-electron chi connectivity index (χ0n) is 8.33. The highest BCUT2D eigenvalue weighted by Gasteiger charge is 2.21. The standard InChI is InChI=1S/C9H9F2NO3S/c1-16(14,15)8-3-5(10)2-6(9(8)11)7(13)4-12/h2-3H,4,12H2,1H3. The van der Waals surface area contributed by atoms with Crippen molar-refractivity contribution >= 4 is 15.6 Å². The molecule has 1 aromatic carbocycles. The number of benzene rings is 1. The Balaban J connectivity index is 3.56. The lowest BCUT2D eigenvalue weighted by atomic mass is 10.1. The van der Waals surface area contributed by atoms with E-state index in [2.05, 4.69) is 0 Å². The number of Topliss-reactive ketones (excluding diaryl/α,β-unsaturated/α-hetero) is 1. The van der Waals surface area contributed by atoms with E-state index in [1.54, 1.807) is 0 Å². The Morgan fingerprint density at radius 3 is 2.38 bits per heavy atom. The molecule has 0 unspecified atom stereocenters. The maximum atomic E-state index is 13.6. The van der Waals surface area contributed by atoms with E-state index in [0.717, 1.165) is 6.26 Å². The summed E-state index contributed by atoms with van der Waals surface area (Å²) in [5.41, 5.74) is 4.34. The van der Waals surface area contributed by atoms with Gasteiger partial charge in [0.2, 0.25) is 0 Å². The predicted molar refractivity (Wildman–Crippen MR) is 52.9 cm³/mol. The molecule has 88 valence electrons. The van der Waals surface area contributed by atoms with Crippen LogP contribution in [0.3, 0.4) is 0 Å². The van der Waals surface area contributed by atoms with Gasteiger partial charge >= 0.3 is 0 Å². The van der Waals surface area contributed by atoms with Gasteiger partial charge in [0, 0.05) is 6.26 Å². The minimum atomic E-state index is -3.93. The van der Waals surface area contributed by atoms with E-state index >= 15 is 0 Å². The molecule has 7 heteroatoms. The highest BCUT2D eigenvalue weighted by molar-refractivity contribution is 7.90. The van der Waals surface area contributed by atoms with Crippen LogP contribution in [0, 0.1) is 11.6 Å². The van der Waals surface area contributed by atoms with Crippen LogP contribution in [0.15, 0.2) is 17.0 Å². The van der Waals surface area contributed by atoms with Gasteiger partial charge in [-0.25, -0.2) is 17.2 Å². The highest BCUT2D eigenvalue weighted by atomic mass is 32.2. The average Bonchev–Trinajstić information content (AvgIpc) is 2.18. The van der Waals surface area contributed by atoms with Crippen LogP contribution >= 0.6 is 0 Å². The van der Waals surface area contributed by atoms with Crippen LogP contribution in [0.1, 0.15) is 10.4 Å². The number of carbonyl (C=O) groups is 1. The molecule has 0 heterocycles. The van der Waals surface area contributed by atoms with Gasteiger partial charge in [-0.05, 0) is 12.1 Å². The Morgan fingerprint density at radius 1 is 1.38 bits per heavy atom. The first-order valence-electron chi connectivity index (χ1n) is 4.19. The van der Waals surface area contributed by atoms with E-state index in [9.17, 15) is 22.0 Å². The van der Waals surface area contributed by atoms with E-state index in [0.29, 0.717) is 12.1 Å². The summed E-state index contributed by atoms with van der Waals surface area (Å²) in [7, 11) is -3.93. The second kappa shape index (κ2) is 4.26. The molecule has 0 saturated carbocycles. The maximum Gasteiger partial charge on any atom is 0.179 e. The first-order chi connectivity index (χ1) is 7.27. The van der Waals surface area contributed by atoms with Gasteiger partial charge in [-0.15, -0.1) is 0 Å². The summed E-state index contributed by atoms with van der Waals surface area (Å²) in [5, 5.41) is 0. The fraction of sp³-hybridized carbons (Fsp3) is 0.222. The summed E-state index contributed by atoms with van der Waals surface area (Å²) in [4.78, 5) is 10.3. The van der Waals surface area contributed by atoms with Crippen LogP contribution in [0.5, 0.6) is 0 Å². The van der Waals surface area contributed by atoms with E-state index < -0.39 is 44.3 Å². The van der Waals surface area contributed by atoms with Gasteiger partial charge < -0.3 is 5.73 Å². The Labute approximate surface area is 91.0 Å². The molecule has 4 nitrogen and oxygen atoms in total. The molecule has 0 atom stereocenters. The molecule has 16 heavy (non-hydrogen) atoms. The SMILES string of the molecule is CS(=O)(=O)c1cc(F)cc(C(=O)CN)c1F. The minimum Gasteiger partial charge on any atom is -0.324 e. The van der Waals surface area contributed by atoms with Gasteiger partial charge in [-0.3, -0.25) is 4.79 Å². The zero-order chi connectivity index (χ0) is 12.5. The maximum absolute atomic E-state index is 13.6. The highest BCUT2D eigenvalue weighted by Crippen LogP contribution is 2.20. The van der Waals surface area contributed by atoms with Crippen molar-refractivity contribution in [2.45, 2.75) is 4.90 Å². The molecule has 0 radical (unpaired) electrons. The first-order valence-corrected chi connectivity index (χ1v) is 6.09. The molecule has 0 spiro atoms. The van der Waals surface area contributed by atoms with Crippen molar-refractivity contribution in [2.75, 3.05) is 12.8 Å². The summed E-state index contributed by atoms with van der Waals surface area (Å²) in [6.07, 6.45) is 0.724. The normalized spacial score (nSPS) is 11.5. The van der Waals surface area contributed by atoms with Crippen LogP contribution < -0.4 is 5.73 Å². The number of halogens is 2. The fourth-order valence-corrected chi connectivity index (χ4v) is 1.91. The van der Waals surface area contributed by atoms with Crippen molar-refractivity contribution in [3.63, 3.8) is 0 Å². The average molecular weight is 249 g/mol. The predicted octanol–water partition coefficient (Wildman–Crippen LogP) is 0.510. The number of ketones is 1. The summed E-state index contributed by atoms with van der Waals surface area (Å²) in [6, 6.07) is 1.15. The summed E-state index contributed by atoms with van der Waals surface area (Å²) in [5.74, 6) is -3.13. The number of hydrogen-bond donors (Lipinski definition) is 1. The monoisotopic (exact) mass is 249 g/mol. The van der Waals surface area contributed by atoms with Gasteiger partial charge in [-0.2, -0.15) is 0 Å². The van der Waals surface area contributed by atoms with Gasteiger partial charge in [-0.1, -0.05) is 0 Å². The van der Waals surface area contributed by atoms with Crippen LogP contribution in [-0.4, -0.2) is 27.0 Å². The molecule has 0 aliphatic rings. The second-order valence-corrected chi connectivity index (χ2v) is 5.15. The molecule has 0 saturated heterocycles. The molecular formula is C9H9F2NO3S. The lowest BCUT2D eigenvalue weighted by molar-refractivity contribution is 0.0996. The fourth-order valence-electron chi connectivity index (χ4n) is 1.15. The third-order valence-corrected chi connectivity index (χ3v) is 2.99. The third-order valence-electron chi connectivity index (χ3n) is 1.89. The van der Waals surface area contributed by atoms with E-state index in [-0.39, 0.29) is 0 Å². The van der Waals surface area contributed by atoms with Crippen molar-refractivity contribution in [2.24, 2.45) is 5.73 Å². The van der Waals surface area contributed by atoms with Crippen molar-refractivity contribution in [3.8, 4) is 0 Å². The number of rotatable bonds is 3. The molecule has 0 aromatic heterocycles. The largest absolute Gasteiger partial charge is 0.324 e. The Bertz CT molecular complexity index is 540. The third kappa shape index (κ3) is 2.42. The molecule has 0 fully saturated rings. The zero-order valence-corrected chi connectivity index (χ0v) is 9.14. The quantitative estimate of drug-likeness (QED) is 0.792. The van der Waals surface area contributed by atoms with E-state index in [1.807, 2.05) is 0 Å². The molecular weight excluding hydrogens is 240 g/mol. The van der Waals surface area contributed by atoms with Gasteiger partial charge in [0.15, 0.2) is 21.4 Å². The molecule has 1 aromatic rings. The summed E-state index contributed by atoms with van der Waals surface area (Å²) < 4.78 is 48.8. The number of sulfone groups is 1. The summed E-state index contributed by atoms with van der Waals surface area (Å²) >= 11 is 0. The van der Waals surface area contributed by atoms with Gasteiger partial charge in [0.1, 0.15) is 10.7 Å². The first kappa shape index (κ1) is 12.7. The van der Waals surface area contributed by atoms with Crippen LogP contribution in [0.2, 0.25) is 0 Å². The number of carbonyl (C=O) groups excluding carboxylic acids is 1. The van der Waals surface area contributed by atoms with Crippen molar-refractivity contribution in [1.29, 1.82) is 0 Å². The summed E-state index contributed by atoms with van der Waals surface area (Å²) in [6.45, 7) is -0.524. The van der Waals surface area contributed by atoms with Crippen LogP contribution in [0.25, 0.3) is 0 Å². The van der Waals surface area contributed by atoms with Gasteiger partial charge in [0.05, 0.1) is 12.1 Å². The Morgan fingerprint density at radius 2 is 1.94 bits per heavy atom. The minimum absolute atomic E-state index is 0.524. The second-order valence-electron chi connectivity index (χ2n) is 3.16. The smallest absolute Gasteiger partial charge is 0.179 e. The lowest BCUT2D eigenvalue weighted by Crippen LogP contribution is -2.17. The van der Waals surface area contributed by atoms with Crippen molar-refractivity contribution in [1.82, 2.24) is 0 Å². The molecule has 0 bridgehead atoms. The van der Waals surface area contributed by atoms with Gasteiger partial charge in [0.25, 0.3) is 0 Å². The Kier molecular flexibility index (Phi) is 3.39.